The summed E-state index contributed by atoms with van der Waals surface area (Å²) in [7, 11) is 1.58. The first kappa shape index (κ1) is 9.52. The average molecular weight is 201 g/mol. The molecule has 0 unspecified atom stereocenters. The number of H-pyrrole nitrogens is 1. The van der Waals surface area contributed by atoms with E-state index in [1.54, 1.807) is 43.8 Å². The average Bonchev–Trinajstić information content (AvgIpc) is 2.81. The Labute approximate surface area is 87.7 Å². The molecule has 3 heteroatoms. The SMILES string of the molecule is COc1cccc(C(=O)c2cc[nH]c2)c1. The minimum absolute atomic E-state index is 0.00449. The van der Waals surface area contributed by atoms with E-state index in [1.807, 2.05) is 6.07 Å². The van der Waals surface area contributed by atoms with Crippen molar-refractivity contribution in [3.05, 3.63) is 53.9 Å². The molecule has 1 N–H and O–H groups in total. The fourth-order valence-electron chi connectivity index (χ4n) is 1.40. The van der Waals surface area contributed by atoms with E-state index in [0.29, 0.717) is 16.9 Å². The van der Waals surface area contributed by atoms with Crippen molar-refractivity contribution >= 4 is 5.78 Å². The number of ether oxygens (including phenoxy) is 1. The summed E-state index contributed by atoms with van der Waals surface area (Å²) in [6.45, 7) is 0. The molecule has 0 aliphatic heterocycles. The zero-order chi connectivity index (χ0) is 10.7. The monoisotopic (exact) mass is 201 g/mol. The van der Waals surface area contributed by atoms with Gasteiger partial charge in [-0.2, -0.15) is 0 Å². The normalized spacial score (nSPS) is 9.93. The van der Waals surface area contributed by atoms with Gasteiger partial charge in [-0.15, -0.1) is 0 Å². The highest BCUT2D eigenvalue weighted by Gasteiger charge is 2.09. The second kappa shape index (κ2) is 4.00. The summed E-state index contributed by atoms with van der Waals surface area (Å²) in [5.41, 5.74) is 1.29. The third kappa shape index (κ3) is 1.91. The molecule has 1 aromatic heterocycles. The van der Waals surface area contributed by atoms with Crippen LogP contribution in [0.25, 0.3) is 0 Å². The van der Waals surface area contributed by atoms with E-state index in [1.165, 1.54) is 0 Å². The van der Waals surface area contributed by atoms with Gasteiger partial charge in [0.25, 0.3) is 0 Å². The minimum atomic E-state index is -0.00449. The predicted octanol–water partition coefficient (Wildman–Crippen LogP) is 2.25. The summed E-state index contributed by atoms with van der Waals surface area (Å²) in [5.74, 6) is 0.687. The number of nitrogens with one attached hydrogen (secondary N) is 1. The highest BCUT2D eigenvalue weighted by atomic mass is 16.5. The summed E-state index contributed by atoms with van der Waals surface area (Å²) in [6.07, 6.45) is 3.41. The van der Waals surface area contributed by atoms with Crippen molar-refractivity contribution in [3.63, 3.8) is 0 Å². The Kier molecular flexibility index (Phi) is 2.54. The zero-order valence-electron chi connectivity index (χ0n) is 8.36. The van der Waals surface area contributed by atoms with Gasteiger partial charge in [-0.05, 0) is 18.2 Å². The molecule has 2 aromatic rings. The molecule has 2 rings (SSSR count). The summed E-state index contributed by atoms with van der Waals surface area (Å²) < 4.78 is 5.06. The van der Waals surface area contributed by atoms with Crippen molar-refractivity contribution in [1.82, 2.24) is 4.98 Å². The van der Waals surface area contributed by atoms with Gasteiger partial charge < -0.3 is 9.72 Å². The summed E-state index contributed by atoms with van der Waals surface area (Å²) in [5, 5.41) is 0. The molecule has 0 aliphatic carbocycles. The van der Waals surface area contributed by atoms with Crippen molar-refractivity contribution < 1.29 is 9.53 Å². The maximum Gasteiger partial charge on any atom is 0.194 e. The molecule has 76 valence electrons. The lowest BCUT2D eigenvalue weighted by atomic mass is 10.1. The van der Waals surface area contributed by atoms with Crippen LogP contribution in [0, 0.1) is 0 Å². The first-order valence-corrected chi connectivity index (χ1v) is 4.63. The van der Waals surface area contributed by atoms with E-state index in [2.05, 4.69) is 4.98 Å². The van der Waals surface area contributed by atoms with Gasteiger partial charge in [-0.3, -0.25) is 4.79 Å². The third-order valence-electron chi connectivity index (χ3n) is 2.19. The second-order valence-corrected chi connectivity index (χ2v) is 3.16. The number of ketones is 1. The van der Waals surface area contributed by atoms with Crippen molar-refractivity contribution in [2.24, 2.45) is 0 Å². The van der Waals surface area contributed by atoms with Crippen molar-refractivity contribution in [3.8, 4) is 5.75 Å². The summed E-state index contributed by atoms with van der Waals surface area (Å²) in [6, 6.07) is 8.88. The Balaban J connectivity index is 2.34. The van der Waals surface area contributed by atoms with Crippen LogP contribution in [0.2, 0.25) is 0 Å². The Bertz CT molecular complexity index is 460. The van der Waals surface area contributed by atoms with E-state index in [0.717, 1.165) is 0 Å². The minimum Gasteiger partial charge on any atom is -0.497 e. The fourth-order valence-corrected chi connectivity index (χ4v) is 1.40. The molecule has 3 nitrogen and oxygen atoms in total. The smallest absolute Gasteiger partial charge is 0.194 e. The van der Waals surface area contributed by atoms with Crippen LogP contribution in [0.5, 0.6) is 5.75 Å². The summed E-state index contributed by atoms with van der Waals surface area (Å²) in [4.78, 5) is 14.8. The molecule has 0 bridgehead atoms. The van der Waals surface area contributed by atoms with Crippen LogP contribution in [-0.2, 0) is 0 Å². The molecular formula is C12H11NO2. The molecule has 0 saturated carbocycles. The van der Waals surface area contributed by atoms with Crippen molar-refractivity contribution in [2.45, 2.75) is 0 Å². The lowest BCUT2D eigenvalue weighted by Crippen LogP contribution is -1.99. The maximum atomic E-state index is 11.9. The number of aromatic nitrogens is 1. The Hall–Kier alpha value is -2.03. The molecular weight excluding hydrogens is 190 g/mol. The number of rotatable bonds is 3. The quantitative estimate of drug-likeness (QED) is 0.774. The molecule has 0 fully saturated rings. The molecule has 0 radical (unpaired) electrons. The molecule has 0 atom stereocenters. The molecule has 1 aromatic carbocycles. The highest BCUT2D eigenvalue weighted by molar-refractivity contribution is 6.09. The van der Waals surface area contributed by atoms with Gasteiger partial charge in [-0.1, -0.05) is 12.1 Å². The van der Waals surface area contributed by atoms with Gasteiger partial charge in [0.1, 0.15) is 5.75 Å². The van der Waals surface area contributed by atoms with E-state index < -0.39 is 0 Å². The number of carbonyl (C=O) groups is 1. The van der Waals surface area contributed by atoms with Gasteiger partial charge in [0.15, 0.2) is 5.78 Å². The van der Waals surface area contributed by atoms with Gasteiger partial charge in [-0.25, -0.2) is 0 Å². The van der Waals surface area contributed by atoms with Gasteiger partial charge in [0.05, 0.1) is 7.11 Å². The van der Waals surface area contributed by atoms with Crippen LogP contribution in [0.15, 0.2) is 42.7 Å². The topological polar surface area (TPSA) is 42.1 Å². The number of carbonyl (C=O) groups excluding carboxylic acids is 1. The van der Waals surface area contributed by atoms with E-state index in [-0.39, 0.29) is 5.78 Å². The number of benzene rings is 1. The zero-order valence-corrected chi connectivity index (χ0v) is 8.36. The standard InChI is InChI=1S/C12H11NO2/c1-15-11-4-2-3-9(7-11)12(14)10-5-6-13-8-10/h2-8,13H,1H3. The van der Waals surface area contributed by atoms with Gasteiger partial charge >= 0.3 is 0 Å². The van der Waals surface area contributed by atoms with Crippen molar-refractivity contribution in [1.29, 1.82) is 0 Å². The van der Waals surface area contributed by atoms with Crippen LogP contribution in [0.3, 0.4) is 0 Å². The second-order valence-electron chi connectivity index (χ2n) is 3.16. The molecule has 0 saturated heterocycles. The molecule has 0 amide bonds. The van der Waals surface area contributed by atoms with Crippen LogP contribution >= 0.6 is 0 Å². The lowest BCUT2D eigenvalue weighted by molar-refractivity contribution is 0.103. The van der Waals surface area contributed by atoms with Crippen LogP contribution < -0.4 is 4.74 Å². The number of aromatic amines is 1. The number of hydrogen-bond acceptors (Lipinski definition) is 2. The molecule has 0 aliphatic rings. The van der Waals surface area contributed by atoms with E-state index >= 15 is 0 Å². The van der Waals surface area contributed by atoms with Gasteiger partial charge in [0.2, 0.25) is 0 Å². The maximum absolute atomic E-state index is 11.9. The third-order valence-corrected chi connectivity index (χ3v) is 2.19. The predicted molar refractivity (Wildman–Crippen MR) is 57.2 cm³/mol. The lowest BCUT2D eigenvalue weighted by Gasteiger charge is -2.02. The van der Waals surface area contributed by atoms with Gasteiger partial charge in [0, 0.05) is 23.5 Å². The first-order valence-electron chi connectivity index (χ1n) is 4.63. The van der Waals surface area contributed by atoms with Crippen LogP contribution in [-0.4, -0.2) is 17.9 Å². The largest absolute Gasteiger partial charge is 0.497 e. The van der Waals surface area contributed by atoms with Crippen molar-refractivity contribution in [2.75, 3.05) is 7.11 Å². The van der Waals surface area contributed by atoms with Crippen LogP contribution in [0.1, 0.15) is 15.9 Å². The molecule has 15 heavy (non-hydrogen) atoms. The number of hydrogen-bond donors (Lipinski definition) is 1. The van der Waals surface area contributed by atoms with E-state index in [4.69, 9.17) is 4.74 Å². The first-order chi connectivity index (χ1) is 7.31. The number of methoxy groups -OCH3 is 1. The van der Waals surface area contributed by atoms with E-state index in [9.17, 15) is 4.79 Å². The Morgan fingerprint density at radius 2 is 2.13 bits per heavy atom. The Morgan fingerprint density at radius 3 is 2.80 bits per heavy atom. The molecule has 0 spiro atoms. The highest BCUT2D eigenvalue weighted by Crippen LogP contribution is 2.15. The Morgan fingerprint density at radius 1 is 1.27 bits per heavy atom. The summed E-state index contributed by atoms with van der Waals surface area (Å²) >= 11 is 0. The van der Waals surface area contributed by atoms with Crippen LogP contribution in [0.4, 0.5) is 0 Å². The fraction of sp³-hybridized carbons (Fsp3) is 0.0833. The molecule has 1 heterocycles.